The third-order valence-electron chi connectivity index (χ3n) is 3.67. The maximum atomic E-state index is 12.5. The highest BCUT2D eigenvalue weighted by Crippen LogP contribution is 2.14. The lowest BCUT2D eigenvalue weighted by Crippen LogP contribution is -2.53. The van der Waals surface area contributed by atoms with Crippen LogP contribution in [0.5, 0.6) is 0 Å². The monoisotopic (exact) mass is 426 g/mol. The summed E-state index contributed by atoms with van der Waals surface area (Å²) in [6.45, 7) is 5.80. The van der Waals surface area contributed by atoms with Gasteiger partial charge in [-0.2, -0.15) is 0 Å². The van der Waals surface area contributed by atoms with Crippen LogP contribution in [-0.4, -0.2) is 29.9 Å². The molecule has 1 aromatic carbocycles. The van der Waals surface area contributed by atoms with Gasteiger partial charge in [-0.3, -0.25) is 9.59 Å². The van der Waals surface area contributed by atoms with Crippen LogP contribution < -0.4 is 21.7 Å². The predicted molar refractivity (Wildman–Crippen MR) is 106 cm³/mol. The van der Waals surface area contributed by atoms with Crippen LogP contribution in [0.15, 0.2) is 28.7 Å². The van der Waals surface area contributed by atoms with Crippen molar-refractivity contribution in [3.05, 3.63) is 28.7 Å². The van der Waals surface area contributed by atoms with Crippen LogP contribution in [0.1, 0.15) is 40.0 Å². The Morgan fingerprint density at radius 3 is 2.19 bits per heavy atom. The first-order valence-corrected chi connectivity index (χ1v) is 9.45. The molecule has 0 bridgehead atoms. The molecule has 0 saturated carbocycles. The quantitative estimate of drug-likeness (QED) is 0.486. The van der Waals surface area contributed by atoms with Crippen molar-refractivity contribution in [2.45, 2.75) is 52.1 Å². The smallest absolute Gasteiger partial charge is 0.319 e. The van der Waals surface area contributed by atoms with Crippen LogP contribution in [0.4, 0.5) is 10.5 Å². The van der Waals surface area contributed by atoms with Crippen molar-refractivity contribution in [1.82, 2.24) is 10.6 Å². The van der Waals surface area contributed by atoms with E-state index in [9.17, 15) is 14.4 Å². The average Bonchev–Trinajstić information content (AvgIpc) is 2.55. The molecular weight excluding hydrogens is 400 g/mol. The van der Waals surface area contributed by atoms with Crippen molar-refractivity contribution in [2.24, 2.45) is 11.7 Å². The van der Waals surface area contributed by atoms with E-state index >= 15 is 0 Å². The number of nitrogens with two attached hydrogens (primary N) is 1. The molecule has 0 saturated heterocycles. The van der Waals surface area contributed by atoms with E-state index in [1.807, 2.05) is 20.8 Å². The van der Waals surface area contributed by atoms with Gasteiger partial charge in [0.25, 0.3) is 0 Å². The summed E-state index contributed by atoms with van der Waals surface area (Å²) in [5.41, 5.74) is 5.94. The van der Waals surface area contributed by atoms with Crippen LogP contribution in [0.3, 0.4) is 0 Å². The van der Waals surface area contributed by atoms with Gasteiger partial charge in [0, 0.05) is 10.2 Å². The molecule has 4 amide bonds. The van der Waals surface area contributed by atoms with Crippen LogP contribution in [0.25, 0.3) is 0 Å². The maximum Gasteiger partial charge on any atom is 0.319 e. The second kappa shape index (κ2) is 10.8. The molecule has 0 aliphatic rings. The lowest BCUT2D eigenvalue weighted by Gasteiger charge is -2.23. The number of amides is 4. The molecule has 0 radical (unpaired) electrons. The van der Waals surface area contributed by atoms with Gasteiger partial charge in [0.1, 0.15) is 12.1 Å². The summed E-state index contributed by atoms with van der Waals surface area (Å²) in [5.74, 6) is -0.818. The van der Waals surface area contributed by atoms with E-state index in [2.05, 4.69) is 31.9 Å². The first-order chi connectivity index (χ1) is 12.2. The van der Waals surface area contributed by atoms with Gasteiger partial charge in [-0.25, -0.2) is 4.79 Å². The van der Waals surface area contributed by atoms with Crippen molar-refractivity contribution in [3.8, 4) is 0 Å². The van der Waals surface area contributed by atoms with E-state index in [-0.39, 0.29) is 5.92 Å². The second-order valence-corrected chi connectivity index (χ2v) is 7.46. The van der Waals surface area contributed by atoms with Crippen molar-refractivity contribution >= 4 is 39.5 Å². The Kier molecular flexibility index (Phi) is 9.12. The summed E-state index contributed by atoms with van der Waals surface area (Å²) in [6.07, 6.45) is 1.61. The van der Waals surface area contributed by atoms with Crippen molar-refractivity contribution < 1.29 is 14.4 Å². The standard InChI is InChI=1S/C18H27BrN4O3/c1-4-5-14(16(20)24)22-17(25)15(10-11(2)3)23-18(26)21-13-8-6-12(19)7-9-13/h6-9,11,14-15H,4-5,10H2,1-3H3,(H2,20,24)(H,22,25)(H2,21,23,26)/t14-,15-/m0/s1. The first kappa shape index (κ1) is 22.0. The Morgan fingerprint density at radius 1 is 1.08 bits per heavy atom. The molecule has 7 nitrogen and oxygen atoms in total. The number of hydrogen-bond acceptors (Lipinski definition) is 3. The van der Waals surface area contributed by atoms with Crippen molar-refractivity contribution in [1.29, 1.82) is 0 Å². The molecule has 5 N–H and O–H groups in total. The third-order valence-corrected chi connectivity index (χ3v) is 4.20. The number of hydrogen-bond donors (Lipinski definition) is 4. The summed E-state index contributed by atoms with van der Waals surface area (Å²) >= 11 is 3.33. The van der Waals surface area contributed by atoms with Crippen LogP contribution in [-0.2, 0) is 9.59 Å². The molecule has 0 unspecified atom stereocenters. The zero-order valence-electron chi connectivity index (χ0n) is 15.3. The number of carbonyl (C=O) groups excluding carboxylic acids is 3. The van der Waals surface area contributed by atoms with Crippen LogP contribution >= 0.6 is 15.9 Å². The summed E-state index contributed by atoms with van der Waals surface area (Å²) in [5, 5.41) is 8.00. The topological polar surface area (TPSA) is 113 Å². The summed E-state index contributed by atoms with van der Waals surface area (Å²) < 4.78 is 0.897. The molecule has 0 spiro atoms. The van der Waals surface area contributed by atoms with Gasteiger partial charge >= 0.3 is 6.03 Å². The molecule has 144 valence electrons. The van der Waals surface area contributed by atoms with E-state index in [0.717, 1.165) is 4.47 Å². The lowest BCUT2D eigenvalue weighted by atomic mass is 10.0. The number of carbonyl (C=O) groups is 3. The Bertz CT molecular complexity index is 619. The molecule has 0 heterocycles. The predicted octanol–water partition coefficient (Wildman–Crippen LogP) is 2.76. The fourth-order valence-corrected chi connectivity index (χ4v) is 2.67. The number of primary amides is 1. The summed E-state index contributed by atoms with van der Waals surface area (Å²) in [4.78, 5) is 36.2. The molecule has 0 aromatic heterocycles. The number of urea groups is 1. The van der Waals surface area contributed by atoms with Crippen molar-refractivity contribution in [2.75, 3.05) is 5.32 Å². The molecule has 2 atom stereocenters. The molecular formula is C18H27BrN4O3. The Morgan fingerprint density at radius 2 is 1.69 bits per heavy atom. The van der Waals surface area contributed by atoms with Gasteiger partial charge < -0.3 is 21.7 Å². The van der Waals surface area contributed by atoms with Gasteiger partial charge in [0.15, 0.2) is 0 Å². The lowest BCUT2D eigenvalue weighted by molar-refractivity contribution is -0.128. The fraction of sp³-hybridized carbons (Fsp3) is 0.500. The molecule has 0 aliphatic carbocycles. The minimum absolute atomic E-state index is 0.178. The molecule has 8 heteroatoms. The number of anilines is 1. The van der Waals surface area contributed by atoms with E-state index in [1.54, 1.807) is 24.3 Å². The van der Waals surface area contributed by atoms with Gasteiger partial charge in [-0.05, 0) is 43.0 Å². The Balaban J connectivity index is 2.75. The Labute approximate surface area is 162 Å². The molecule has 0 aliphatic heterocycles. The molecule has 26 heavy (non-hydrogen) atoms. The van der Waals surface area contributed by atoms with Gasteiger partial charge in [0.2, 0.25) is 11.8 Å². The molecule has 1 rings (SSSR count). The van der Waals surface area contributed by atoms with Gasteiger partial charge in [-0.1, -0.05) is 43.1 Å². The first-order valence-electron chi connectivity index (χ1n) is 8.65. The zero-order chi connectivity index (χ0) is 19.7. The minimum atomic E-state index is -0.760. The highest BCUT2D eigenvalue weighted by atomic mass is 79.9. The highest BCUT2D eigenvalue weighted by Gasteiger charge is 2.26. The van der Waals surface area contributed by atoms with E-state index in [0.29, 0.717) is 24.9 Å². The number of rotatable bonds is 9. The number of halogens is 1. The number of nitrogens with one attached hydrogen (secondary N) is 3. The maximum absolute atomic E-state index is 12.5. The minimum Gasteiger partial charge on any atom is -0.368 e. The van der Waals surface area contributed by atoms with Gasteiger partial charge in [-0.15, -0.1) is 0 Å². The van der Waals surface area contributed by atoms with E-state index in [4.69, 9.17) is 5.73 Å². The van der Waals surface area contributed by atoms with Crippen molar-refractivity contribution in [3.63, 3.8) is 0 Å². The van der Waals surface area contributed by atoms with E-state index in [1.165, 1.54) is 0 Å². The summed E-state index contributed by atoms with van der Waals surface area (Å²) in [6, 6.07) is 5.10. The third kappa shape index (κ3) is 7.86. The number of benzene rings is 1. The average molecular weight is 427 g/mol. The van der Waals surface area contributed by atoms with E-state index < -0.39 is 29.9 Å². The molecule has 0 fully saturated rings. The highest BCUT2D eigenvalue weighted by molar-refractivity contribution is 9.10. The summed E-state index contributed by atoms with van der Waals surface area (Å²) in [7, 11) is 0. The largest absolute Gasteiger partial charge is 0.368 e. The molecule has 1 aromatic rings. The second-order valence-electron chi connectivity index (χ2n) is 6.54. The Hall–Kier alpha value is -2.09. The van der Waals surface area contributed by atoms with Gasteiger partial charge in [0.05, 0.1) is 0 Å². The SMILES string of the molecule is CCC[C@H](NC(=O)[C@H](CC(C)C)NC(=O)Nc1ccc(Br)cc1)C(N)=O. The fourth-order valence-electron chi connectivity index (χ4n) is 2.41. The normalized spacial score (nSPS) is 13.0. The van der Waals surface area contributed by atoms with Crippen LogP contribution in [0, 0.1) is 5.92 Å². The van der Waals surface area contributed by atoms with Crippen LogP contribution in [0.2, 0.25) is 0 Å². The zero-order valence-corrected chi connectivity index (χ0v) is 16.9.